The summed E-state index contributed by atoms with van der Waals surface area (Å²) >= 11 is 0. The van der Waals surface area contributed by atoms with Crippen LogP contribution >= 0.6 is 0 Å². The number of anilines is 7. The highest BCUT2D eigenvalue weighted by molar-refractivity contribution is 6.36. The first-order valence-electron chi connectivity index (χ1n) is 22.1. The van der Waals surface area contributed by atoms with Crippen LogP contribution in [-0.2, 0) is 0 Å². The molecule has 0 radical (unpaired) electrons. The lowest BCUT2D eigenvalue weighted by atomic mass is 9.72. The number of benzene rings is 7. The van der Waals surface area contributed by atoms with E-state index in [2.05, 4.69) is 235 Å². The second-order valence-electron chi connectivity index (χ2n) is 16.6. The molecule has 0 bridgehead atoms. The molecule has 10 rings (SSSR count). The molecule has 0 fully saturated rings. The summed E-state index contributed by atoms with van der Waals surface area (Å²) < 4.78 is 0. The Labute approximate surface area is 371 Å². The van der Waals surface area contributed by atoms with Crippen molar-refractivity contribution in [2.45, 2.75) is 33.1 Å². The number of allylic oxidation sites excluding steroid dienone is 3. The fourth-order valence-corrected chi connectivity index (χ4v) is 9.12. The van der Waals surface area contributed by atoms with Gasteiger partial charge in [0.15, 0.2) is 0 Å². The predicted molar refractivity (Wildman–Crippen MR) is 263 cm³/mol. The normalized spacial score (nSPS) is 15.7. The largest absolute Gasteiger partial charge is 0.311 e. The molecule has 7 aromatic carbocycles. The van der Waals surface area contributed by atoms with Gasteiger partial charge in [-0.25, -0.2) is 0 Å². The van der Waals surface area contributed by atoms with E-state index in [1.807, 2.05) is 11.2 Å². The third kappa shape index (κ3) is 7.78. The Morgan fingerprint density at radius 2 is 0.968 bits per heavy atom. The summed E-state index contributed by atoms with van der Waals surface area (Å²) in [5, 5.41) is 15.3. The fourth-order valence-electron chi connectivity index (χ4n) is 9.12. The van der Waals surface area contributed by atoms with Crippen LogP contribution in [0.1, 0.15) is 44.2 Å². The first kappa shape index (κ1) is 39.5. The zero-order chi connectivity index (χ0) is 42.7. The van der Waals surface area contributed by atoms with Crippen LogP contribution in [0.2, 0.25) is 0 Å². The number of hydrazine groups is 1. The lowest BCUT2D eigenvalue weighted by Gasteiger charge is -2.38. The van der Waals surface area contributed by atoms with Gasteiger partial charge < -0.3 is 9.80 Å². The summed E-state index contributed by atoms with van der Waals surface area (Å²) in [5.74, 6) is 0.227. The van der Waals surface area contributed by atoms with Gasteiger partial charge in [-0.3, -0.25) is 10.4 Å². The van der Waals surface area contributed by atoms with Crippen LogP contribution in [0.5, 0.6) is 0 Å². The monoisotopic (exact) mass is 821 g/mol. The van der Waals surface area contributed by atoms with E-state index in [-0.39, 0.29) is 5.92 Å². The van der Waals surface area contributed by atoms with Crippen molar-refractivity contribution in [2.75, 3.05) is 28.0 Å². The number of rotatable bonds is 12. The van der Waals surface area contributed by atoms with Crippen molar-refractivity contribution in [3.8, 4) is 0 Å². The molecule has 0 saturated carbocycles. The predicted octanol–water partition coefficient (Wildman–Crippen LogP) is 13.5. The van der Waals surface area contributed by atoms with Crippen molar-refractivity contribution in [1.29, 1.82) is 0 Å². The van der Waals surface area contributed by atoms with Crippen LogP contribution in [0.25, 0.3) is 5.57 Å². The average molecular weight is 822 g/mol. The molecule has 1 unspecified atom stereocenters. The third-order valence-corrected chi connectivity index (χ3v) is 11.9. The Bertz CT molecular complexity index is 2720. The molecule has 2 heterocycles. The SMILES string of the molecule is CCC1=C2C(=NN(CC(C)C)C1)C(c1ccc(N(c3ccccc3)c3ccccc3)cc1)C1=NN(c3ccccc3)NC1=C2c1ccc(N(c2ccccc2)c2ccccc2)cc1. The van der Waals surface area contributed by atoms with Gasteiger partial charge in [-0.1, -0.05) is 136 Å². The van der Waals surface area contributed by atoms with Gasteiger partial charge in [0.2, 0.25) is 0 Å². The van der Waals surface area contributed by atoms with Gasteiger partial charge in [-0.2, -0.15) is 15.3 Å². The van der Waals surface area contributed by atoms with Crippen molar-refractivity contribution in [2.24, 2.45) is 16.1 Å². The van der Waals surface area contributed by atoms with Crippen LogP contribution in [0.3, 0.4) is 0 Å². The quantitative estimate of drug-likeness (QED) is 0.133. The second kappa shape index (κ2) is 17.4. The molecule has 1 atom stereocenters. The number of fused-ring (bicyclic) bond motifs is 2. The third-order valence-electron chi connectivity index (χ3n) is 11.9. The van der Waals surface area contributed by atoms with Gasteiger partial charge in [0, 0.05) is 51.8 Å². The second-order valence-corrected chi connectivity index (χ2v) is 16.6. The van der Waals surface area contributed by atoms with E-state index in [0.717, 1.165) is 93.1 Å². The highest BCUT2D eigenvalue weighted by Gasteiger charge is 2.44. The van der Waals surface area contributed by atoms with E-state index in [1.54, 1.807) is 0 Å². The molecule has 1 N–H and O–H groups in total. The summed E-state index contributed by atoms with van der Waals surface area (Å²) in [7, 11) is 0. The molecular formula is C56H51N7. The van der Waals surface area contributed by atoms with Gasteiger partial charge in [-0.15, -0.1) is 0 Å². The smallest absolute Gasteiger partial charge is 0.102 e. The molecule has 0 spiro atoms. The van der Waals surface area contributed by atoms with Crippen LogP contribution in [0.15, 0.2) is 227 Å². The van der Waals surface area contributed by atoms with E-state index in [9.17, 15) is 0 Å². The number of para-hydroxylation sites is 5. The Hall–Kier alpha value is -7.64. The Morgan fingerprint density at radius 1 is 0.524 bits per heavy atom. The van der Waals surface area contributed by atoms with Gasteiger partial charge in [-0.05, 0) is 114 Å². The minimum atomic E-state index is -0.224. The van der Waals surface area contributed by atoms with Crippen molar-refractivity contribution in [1.82, 2.24) is 10.4 Å². The minimum Gasteiger partial charge on any atom is -0.311 e. The number of hydrazone groups is 2. The van der Waals surface area contributed by atoms with Crippen LogP contribution in [0.4, 0.5) is 39.8 Å². The Kier molecular flexibility index (Phi) is 10.9. The molecule has 310 valence electrons. The summed E-state index contributed by atoms with van der Waals surface area (Å²) in [6.07, 6.45) is 0.900. The lowest BCUT2D eigenvalue weighted by Crippen LogP contribution is -2.40. The Morgan fingerprint density at radius 3 is 1.43 bits per heavy atom. The minimum absolute atomic E-state index is 0.224. The highest BCUT2D eigenvalue weighted by atomic mass is 15.7. The molecular weight excluding hydrogens is 771 g/mol. The molecule has 63 heavy (non-hydrogen) atoms. The summed E-state index contributed by atoms with van der Waals surface area (Å²) in [6.45, 7) is 8.48. The van der Waals surface area contributed by atoms with Gasteiger partial charge in [0.05, 0.1) is 29.6 Å². The summed E-state index contributed by atoms with van der Waals surface area (Å²) in [5.41, 5.74) is 20.4. The van der Waals surface area contributed by atoms with Crippen LogP contribution < -0.4 is 20.3 Å². The maximum atomic E-state index is 5.62. The van der Waals surface area contributed by atoms with E-state index in [4.69, 9.17) is 10.2 Å². The maximum absolute atomic E-state index is 5.62. The molecule has 0 amide bonds. The molecule has 0 aromatic heterocycles. The van der Waals surface area contributed by atoms with Crippen LogP contribution in [-0.4, -0.2) is 29.5 Å². The van der Waals surface area contributed by atoms with E-state index >= 15 is 0 Å². The molecule has 7 nitrogen and oxygen atoms in total. The number of hydrogen-bond acceptors (Lipinski definition) is 7. The van der Waals surface area contributed by atoms with Crippen molar-refractivity contribution >= 4 is 56.8 Å². The molecule has 1 aliphatic carbocycles. The number of nitrogens with zero attached hydrogens (tertiary/aromatic N) is 6. The summed E-state index contributed by atoms with van der Waals surface area (Å²) in [4.78, 5) is 4.62. The highest BCUT2D eigenvalue weighted by Crippen LogP contribution is 2.47. The van der Waals surface area contributed by atoms with Crippen molar-refractivity contribution in [3.05, 3.63) is 228 Å². The topological polar surface area (TPSA) is 49.7 Å². The molecule has 3 aliphatic rings. The average Bonchev–Trinajstić information content (AvgIpc) is 3.78. The first-order chi connectivity index (χ1) is 31.0. The zero-order valence-electron chi connectivity index (χ0n) is 36.0. The molecule has 7 aromatic rings. The van der Waals surface area contributed by atoms with Crippen molar-refractivity contribution in [3.63, 3.8) is 0 Å². The fraction of sp³-hybridized carbons (Fsp3) is 0.143. The first-order valence-corrected chi connectivity index (χ1v) is 22.1. The zero-order valence-corrected chi connectivity index (χ0v) is 36.0. The standard InChI is InChI=1S/C56H51N7/c1-4-41-39-60(38-40(2)3)57-54-51(41)52(42-30-34-48(35-31-42)61(44-20-10-5-11-21-44)45-22-12-6-13-23-45)55-56(59-63(58-55)50-28-18-9-19-29-50)53(54)43-32-36-49(37-33-43)62(46-24-14-7-15-25-46)47-26-16-8-17-27-47/h5-37,40,53,58H,4,38-39H2,1-3H3. The Balaban J connectivity index is 1.14. The van der Waals surface area contributed by atoms with E-state index in [1.165, 1.54) is 11.1 Å². The lowest BCUT2D eigenvalue weighted by molar-refractivity contribution is 0.269. The number of nitrogens with one attached hydrogen (secondary N) is 1. The number of hydrogen-bond donors (Lipinski definition) is 1. The molecule has 7 heteroatoms. The van der Waals surface area contributed by atoms with Crippen molar-refractivity contribution < 1.29 is 0 Å². The maximum Gasteiger partial charge on any atom is 0.102 e. The van der Waals surface area contributed by atoms with Gasteiger partial charge in [0.25, 0.3) is 0 Å². The molecule has 0 saturated heterocycles. The van der Waals surface area contributed by atoms with Gasteiger partial charge >= 0.3 is 0 Å². The summed E-state index contributed by atoms with van der Waals surface area (Å²) in [6, 6.07) is 70.8. The van der Waals surface area contributed by atoms with Gasteiger partial charge in [0.1, 0.15) is 5.71 Å². The van der Waals surface area contributed by atoms with E-state index in [0.29, 0.717) is 5.92 Å². The van der Waals surface area contributed by atoms with Crippen LogP contribution in [0, 0.1) is 5.92 Å². The molecule has 2 aliphatic heterocycles. The van der Waals surface area contributed by atoms with E-state index < -0.39 is 0 Å².